The van der Waals surface area contributed by atoms with Crippen LogP contribution in [-0.2, 0) is 18.3 Å². The van der Waals surface area contributed by atoms with E-state index < -0.39 is 0 Å². The fraction of sp³-hybridized carbons (Fsp3) is 0.429. The first-order valence-electron chi connectivity index (χ1n) is 9.47. The van der Waals surface area contributed by atoms with Crippen LogP contribution in [0.2, 0.25) is 0 Å². The standard InChI is InChI=1S/C21H27N3O3/c1-3-27-19-7-5-18(6-8-19)21(26)24-11-4-10-23(13-14-24)20(25)15-17-9-12-22(2)16-17/h5-9,12,16H,3-4,10-11,13-15H2,1-2H3. The highest BCUT2D eigenvalue weighted by Gasteiger charge is 2.23. The summed E-state index contributed by atoms with van der Waals surface area (Å²) >= 11 is 0. The lowest BCUT2D eigenvalue weighted by molar-refractivity contribution is -0.130. The minimum Gasteiger partial charge on any atom is -0.494 e. The average Bonchev–Trinajstić information content (AvgIpc) is 2.93. The lowest BCUT2D eigenvalue weighted by atomic mass is 10.2. The van der Waals surface area contributed by atoms with E-state index in [1.807, 2.05) is 58.9 Å². The summed E-state index contributed by atoms with van der Waals surface area (Å²) in [5.41, 5.74) is 1.68. The van der Waals surface area contributed by atoms with E-state index in [2.05, 4.69) is 0 Å². The summed E-state index contributed by atoms with van der Waals surface area (Å²) in [7, 11) is 1.95. The Bertz CT molecular complexity index is 782. The molecule has 2 amide bonds. The van der Waals surface area contributed by atoms with E-state index in [-0.39, 0.29) is 11.8 Å². The number of aromatic nitrogens is 1. The van der Waals surface area contributed by atoms with Gasteiger partial charge in [0.1, 0.15) is 5.75 Å². The lowest BCUT2D eigenvalue weighted by Gasteiger charge is -2.22. The van der Waals surface area contributed by atoms with Crippen LogP contribution in [0.3, 0.4) is 0 Å². The van der Waals surface area contributed by atoms with Crippen molar-refractivity contribution in [2.75, 3.05) is 32.8 Å². The number of nitrogens with zero attached hydrogens (tertiary/aromatic N) is 3. The van der Waals surface area contributed by atoms with Crippen LogP contribution in [0.5, 0.6) is 5.75 Å². The molecule has 0 unspecified atom stereocenters. The average molecular weight is 369 g/mol. The summed E-state index contributed by atoms with van der Waals surface area (Å²) in [5, 5.41) is 0. The van der Waals surface area contributed by atoms with Crippen LogP contribution in [0, 0.1) is 0 Å². The van der Waals surface area contributed by atoms with Crippen LogP contribution in [0.25, 0.3) is 0 Å². The van der Waals surface area contributed by atoms with Crippen molar-refractivity contribution in [3.63, 3.8) is 0 Å². The highest BCUT2D eigenvalue weighted by Crippen LogP contribution is 2.15. The first-order chi connectivity index (χ1) is 13.1. The van der Waals surface area contributed by atoms with E-state index in [9.17, 15) is 9.59 Å². The molecule has 0 N–H and O–H groups in total. The number of rotatable bonds is 5. The van der Waals surface area contributed by atoms with Gasteiger partial charge in [0.05, 0.1) is 13.0 Å². The molecule has 6 nitrogen and oxygen atoms in total. The highest BCUT2D eigenvalue weighted by molar-refractivity contribution is 5.94. The molecule has 2 aromatic rings. The van der Waals surface area contributed by atoms with E-state index in [4.69, 9.17) is 4.74 Å². The molecular weight excluding hydrogens is 342 g/mol. The van der Waals surface area contributed by atoms with Gasteiger partial charge in [-0.1, -0.05) is 0 Å². The van der Waals surface area contributed by atoms with Gasteiger partial charge in [-0.25, -0.2) is 0 Å². The van der Waals surface area contributed by atoms with Crippen molar-refractivity contribution in [1.82, 2.24) is 14.4 Å². The number of ether oxygens (including phenoxy) is 1. The molecule has 1 aromatic carbocycles. The van der Waals surface area contributed by atoms with Gasteiger partial charge in [0.2, 0.25) is 5.91 Å². The minimum absolute atomic E-state index is 0.00964. The zero-order valence-electron chi connectivity index (χ0n) is 16.1. The fourth-order valence-electron chi connectivity index (χ4n) is 3.36. The zero-order valence-corrected chi connectivity index (χ0v) is 16.1. The molecule has 0 bridgehead atoms. The van der Waals surface area contributed by atoms with Gasteiger partial charge < -0.3 is 19.1 Å². The number of benzene rings is 1. The molecule has 0 atom stereocenters. The van der Waals surface area contributed by atoms with Crippen molar-refractivity contribution in [1.29, 1.82) is 0 Å². The molecule has 1 saturated heterocycles. The van der Waals surface area contributed by atoms with Gasteiger partial charge in [0, 0.05) is 51.2 Å². The predicted molar refractivity (Wildman–Crippen MR) is 104 cm³/mol. The van der Waals surface area contributed by atoms with Crippen molar-refractivity contribution < 1.29 is 14.3 Å². The maximum absolute atomic E-state index is 12.8. The first-order valence-corrected chi connectivity index (χ1v) is 9.47. The fourth-order valence-corrected chi connectivity index (χ4v) is 3.36. The topological polar surface area (TPSA) is 54.8 Å². The SMILES string of the molecule is CCOc1ccc(C(=O)N2CCCN(C(=O)Cc3ccn(C)c3)CC2)cc1. The number of hydrogen-bond donors (Lipinski definition) is 0. The maximum atomic E-state index is 12.8. The Morgan fingerprint density at radius 2 is 1.70 bits per heavy atom. The van der Waals surface area contributed by atoms with Crippen LogP contribution < -0.4 is 4.74 Å². The largest absolute Gasteiger partial charge is 0.494 e. The second-order valence-corrected chi connectivity index (χ2v) is 6.85. The van der Waals surface area contributed by atoms with Crippen LogP contribution in [-0.4, -0.2) is 59.0 Å². The molecule has 6 heteroatoms. The molecule has 27 heavy (non-hydrogen) atoms. The Kier molecular flexibility index (Phi) is 6.16. The molecular formula is C21H27N3O3. The molecule has 1 fully saturated rings. The Morgan fingerprint density at radius 3 is 2.37 bits per heavy atom. The van der Waals surface area contributed by atoms with Crippen molar-refractivity contribution in [3.8, 4) is 5.75 Å². The highest BCUT2D eigenvalue weighted by atomic mass is 16.5. The zero-order chi connectivity index (χ0) is 19.2. The van der Waals surface area contributed by atoms with Crippen molar-refractivity contribution in [2.24, 2.45) is 7.05 Å². The van der Waals surface area contributed by atoms with Gasteiger partial charge in [-0.3, -0.25) is 9.59 Å². The van der Waals surface area contributed by atoms with Gasteiger partial charge in [0.25, 0.3) is 5.91 Å². The van der Waals surface area contributed by atoms with Crippen molar-refractivity contribution in [3.05, 3.63) is 53.9 Å². The summed E-state index contributed by atoms with van der Waals surface area (Å²) in [4.78, 5) is 29.1. The Balaban J connectivity index is 1.57. The van der Waals surface area contributed by atoms with Crippen LogP contribution >= 0.6 is 0 Å². The number of hydrogen-bond acceptors (Lipinski definition) is 3. The van der Waals surface area contributed by atoms with Gasteiger partial charge in [-0.05, 0) is 49.2 Å². The second-order valence-electron chi connectivity index (χ2n) is 6.85. The molecule has 0 radical (unpaired) electrons. The maximum Gasteiger partial charge on any atom is 0.253 e. The van der Waals surface area contributed by atoms with Crippen LogP contribution in [0.4, 0.5) is 0 Å². The van der Waals surface area contributed by atoms with E-state index >= 15 is 0 Å². The quantitative estimate of drug-likeness (QED) is 0.813. The first kappa shape index (κ1) is 19.0. The van der Waals surface area contributed by atoms with Gasteiger partial charge in [-0.15, -0.1) is 0 Å². The van der Waals surface area contributed by atoms with Crippen molar-refractivity contribution in [2.45, 2.75) is 19.8 Å². The third-order valence-electron chi connectivity index (χ3n) is 4.80. The molecule has 0 saturated carbocycles. The smallest absolute Gasteiger partial charge is 0.253 e. The number of carbonyl (C=O) groups is 2. The predicted octanol–water partition coefficient (Wildman–Crippen LogP) is 2.34. The molecule has 0 spiro atoms. The molecule has 0 aliphatic carbocycles. The Labute approximate surface area is 160 Å². The van der Waals surface area contributed by atoms with E-state index in [1.165, 1.54) is 0 Å². The number of carbonyl (C=O) groups excluding carboxylic acids is 2. The van der Waals surface area contributed by atoms with Gasteiger partial charge >= 0.3 is 0 Å². The summed E-state index contributed by atoms with van der Waals surface area (Å²) in [5.74, 6) is 0.898. The van der Waals surface area contributed by atoms with Crippen LogP contribution in [0.1, 0.15) is 29.3 Å². The van der Waals surface area contributed by atoms with Gasteiger partial charge in [-0.2, -0.15) is 0 Å². The van der Waals surface area contributed by atoms with E-state index in [0.717, 1.165) is 17.7 Å². The Morgan fingerprint density at radius 1 is 1.00 bits per heavy atom. The minimum atomic E-state index is 0.00964. The number of aryl methyl sites for hydroxylation is 1. The van der Waals surface area contributed by atoms with E-state index in [0.29, 0.717) is 44.8 Å². The molecule has 144 valence electrons. The molecule has 3 rings (SSSR count). The summed E-state index contributed by atoms with van der Waals surface area (Å²) < 4.78 is 7.37. The monoisotopic (exact) mass is 369 g/mol. The summed E-state index contributed by atoms with van der Waals surface area (Å²) in [6, 6.07) is 9.22. The molecule has 2 heterocycles. The molecule has 1 aromatic heterocycles. The third-order valence-corrected chi connectivity index (χ3v) is 4.80. The summed E-state index contributed by atoms with van der Waals surface area (Å²) in [6.45, 7) is 5.04. The van der Waals surface area contributed by atoms with Gasteiger partial charge in [0.15, 0.2) is 0 Å². The van der Waals surface area contributed by atoms with Crippen molar-refractivity contribution >= 4 is 11.8 Å². The normalized spacial score (nSPS) is 14.7. The summed E-state index contributed by atoms with van der Waals surface area (Å²) in [6.07, 6.45) is 5.12. The lowest BCUT2D eigenvalue weighted by Crippen LogP contribution is -2.37. The second kappa shape index (κ2) is 8.75. The van der Waals surface area contributed by atoms with Crippen LogP contribution in [0.15, 0.2) is 42.7 Å². The third kappa shape index (κ3) is 4.90. The van der Waals surface area contributed by atoms with E-state index in [1.54, 1.807) is 12.1 Å². The molecule has 1 aliphatic rings. The Hall–Kier alpha value is -2.76. The number of amides is 2. The molecule has 1 aliphatic heterocycles.